The van der Waals surface area contributed by atoms with Crippen LogP contribution in [0.25, 0.3) is 0 Å². The summed E-state index contributed by atoms with van der Waals surface area (Å²) in [5.74, 6) is -0.186. The van der Waals surface area contributed by atoms with Crippen molar-refractivity contribution in [2.24, 2.45) is 17.6 Å². The van der Waals surface area contributed by atoms with Gasteiger partial charge < -0.3 is 0 Å². The molecule has 0 aromatic carbocycles. The van der Waals surface area contributed by atoms with Gasteiger partial charge in [-0.1, -0.05) is 0 Å². The van der Waals surface area contributed by atoms with Crippen LogP contribution < -0.4 is 5.73 Å². The van der Waals surface area contributed by atoms with Gasteiger partial charge in [0.05, 0.1) is 0 Å². The standard InChI is InChI=1S/C11H18NO3P/c12-10(11(13)14)7-9-4-2-1-3-8(9)5-6-16-15/h8-10H,1-5,7,12H2,(H,13,14). The molecule has 1 rings (SSSR count). The topological polar surface area (TPSA) is 80.4 Å². The van der Waals surface area contributed by atoms with Gasteiger partial charge in [-0.15, -0.1) is 0 Å². The van der Waals surface area contributed by atoms with Crippen LogP contribution in [-0.4, -0.2) is 17.1 Å². The van der Waals surface area contributed by atoms with Crippen molar-refractivity contribution in [3.8, 4) is 5.63 Å². The van der Waals surface area contributed by atoms with E-state index in [-0.39, 0.29) is 7.92 Å². The molecule has 0 bridgehead atoms. The number of carbonyl (C=O) groups is 1. The molecule has 4 nitrogen and oxygen atoms in total. The SMILES string of the molecule is NC(CC1CCCCC1CC#P=O)C(=O)O. The Labute approximate surface area is 96.7 Å². The molecule has 3 unspecified atom stereocenters. The van der Waals surface area contributed by atoms with E-state index in [4.69, 9.17) is 10.8 Å². The number of carboxylic acids is 1. The fourth-order valence-electron chi connectivity index (χ4n) is 2.44. The second-order valence-corrected chi connectivity index (χ2v) is 4.94. The molecule has 0 aromatic rings. The third-order valence-corrected chi connectivity index (χ3v) is 3.67. The summed E-state index contributed by atoms with van der Waals surface area (Å²) in [4.78, 5) is 10.7. The number of rotatable bonds is 4. The second-order valence-electron chi connectivity index (χ2n) is 4.44. The Morgan fingerprint density at radius 2 is 2.06 bits per heavy atom. The van der Waals surface area contributed by atoms with Crippen molar-refractivity contribution >= 4 is 13.9 Å². The van der Waals surface area contributed by atoms with Gasteiger partial charge in [0, 0.05) is 0 Å². The first-order valence-electron chi connectivity index (χ1n) is 5.68. The quantitative estimate of drug-likeness (QED) is 0.742. The van der Waals surface area contributed by atoms with Gasteiger partial charge in [0.25, 0.3) is 0 Å². The van der Waals surface area contributed by atoms with Crippen LogP contribution in [0.4, 0.5) is 0 Å². The second kappa shape index (κ2) is 6.90. The molecule has 3 N–H and O–H groups in total. The molecule has 0 heterocycles. The average Bonchev–Trinajstić information content (AvgIpc) is 2.27. The molecule has 1 aliphatic carbocycles. The van der Waals surface area contributed by atoms with Crippen molar-refractivity contribution in [3.05, 3.63) is 0 Å². The molecule has 0 saturated heterocycles. The Balaban J connectivity index is 2.54. The molecule has 0 spiro atoms. The van der Waals surface area contributed by atoms with Gasteiger partial charge in [-0.05, 0) is 0 Å². The molecule has 0 aliphatic heterocycles. The third kappa shape index (κ3) is 4.13. The van der Waals surface area contributed by atoms with Crippen molar-refractivity contribution in [1.82, 2.24) is 0 Å². The first-order valence-corrected chi connectivity index (χ1v) is 6.50. The third-order valence-electron chi connectivity index (χ3n) is 3.36. The summed E-state index contributed by atoms with van der Waals surface area (Å²) >= 11 is 0. The zero-order valence-corrected chi connectivity index (χ0v) is 10.2. The van der Waals surface area contributed by atoms with E-state index in [1.165, 1.54) is 6.42 Å². The number of nitrogens with two attached hydrogens (primary N) is 1. The minimum absolute atomic E-state index is 0.0548. The molecule has 16 heavy (non-hydrogen) atoms. The van der Waals surface area contributed by atoms with Crippen molar-refractivity contribution in [2.75, 3.05) is 0 Å². The summed E-state index contributed by atoms with van der Waals surface area (Å²) in [5.41, 5.74) is 8.33. The van der Waals surface area contributed by atoms with E-state index in [1.54, 1.807) is 0 Å². The van der Waals surface area contributed by atoms with Crippen LogP contribution in [0.1, 0.15) is 38.5 Å². The average molecular weight is 243 g/mol. The molecule has 5 heteroatoms. The van der Waals surface area contributed by atoms with Gasteiger partial charge in [0.15, 0.2) is 0 Å². The molecule has 1 saturated carbocycles. The Bertz CT molecular complexity index is 338. The maximum absolute atomic E-state index is 10.7. The summed E-state index contributed by atoms with van der Waals surface area (Å²) in [6.45, 7) is 0. The van der Waals surface area contributed by atoms with E-state index in [9.17, 15) is 9.36 Å². The molecular formula is C11H18NO3P. The van der Waals surface area contributed by atoms with Crippen molar-refractivity contribution in [1.29, 1.82) is 0 Å². The number of carboxylic acid groups (broad SMARTS) is 1. The van der Waals surface area contributed by atoms with E-state index in [2.05, 4.69) is 5.63 Å². The van der Waals surface area contributed by atoms with Gasteiger partial charge in [-0.3, -0.25) is 0 Å². The van der Waals surface area contributed by atoms with Crippen LogP contribution in [-0.2, 0) is 9.36 Å². The summed E-state index contributed by atoms with van der Waals surface area (Å²) in [6.07, 6.45) is 5.62. The molecule has 3 atom stereocenters. The summed E-state index contributed by atoms with van der Waals surface area (Å²) in [6, 6.07) is -0.768. The Morgan fingerprint density at radius 1 is 1.44 bits per heavy atom. The van der Waals surface area contributed by atoms with Crippen molar-refractivity contribution < 1.29 is 14.5 Å². The predicted octanol–water partition coefficient (Wildman–Crippen LogP) is 2.24. The molecule has 0 amide bonds. The number of hydrogen-bond donors (Lipinski definition) is 2. The molecule has 1 aliphatic rings. The van der Waals surface area contributed by atoms with E-state index < -0.39 is 12.0 Å². The van der Waals surface area contributed by atoms with Crippen LogP contribution >= 0.6 is 7.92 Å². The van der Waals surface area contributed by atoms with Crippen molar-refractivity contribution in [2.45, 2.75) is 44.6 Å². The number of aliphatic carboxylic acids is 1. The zero-order valence-electron chi connectivity index (χ0n) is 9.26. The Morgan fingerprint density at radius 3 is 2.62 bits per heavy atom. The normalized spacial score (nSPS) is 26.8. The van der Waals surface area contributed by atoms with E-state index in [0.717, 1.165) is 19.3 Å². The van der Waals surface area contributed by atoms with Crippen LogP contribution in [0.5, 0.6) is 0 Å². The van der Waals surface area contributed by atoms with E-state index in [0.29, 0.717) is 24.7 Å². The van der Waals surface area contributed by atoms with Crippen LogP contribution in [0.15, 0.2) is 0 Å². The molecule has 1 fully saturated rings. The fraction of sp³-hybridized carbons (Fsp3) is 0.818. The molecular weight excluding hydrogens is 225 g/mol. The molecule has 90 valence electrons. The summed E-state index contributed by atoms with van der Waals surface area (Å²) in [5, 5.41) is 8.78. The number of hydrogen-bond acceptors (Lipinski definition) is 3. The van der Waals surface area contributed by atoms with Crippen LogP contribution in [0, 0.1) is 17.5 Å². The van der Waals surface area contributed by atoms with Crippen LogP contribution in [0.2, 0.25) is 0 Å². The van der Waals surface area contributed by atoms with Gasteiger partial charge in [-0.25, -0.2) is 0 Å². The summed E-state index contributed by atoms with van der Waals surface area (Å²) in [7, 11) is -0.0548. The van der Waals surface area contributed by atoms with Crippen LogP contribution in [0.3, 0.4) is 0 Å². The van der Waals surface area contributed by atoms with Crippen molar-refractivity contribution in [3.63, 3.8) is 0 Å². The predicted molar refractivity (Wildman–Crippen MR) is 61.8 cm³/mol. The monoisotopic (exact) mass is 243 g/mol. The van der Waals surface area contributed by atoms with E-state index >= 15 is 0 Å². The van der Waals surface area contributed by atoms with Gasteiger partial charge in [0.2, 0.25) is 0 Å². The van der Waals surface area contributed by atoms with E-state index in [1.807, 2.05) is 0 Å². The molecule has 0 radical (unpaired) electrons. The first kappa shape index (κ1) is 13.5. The van der Waals surface area contributed by atoms with Gasteiger partial charge >= 0.3 is 96.1 Å². The Hall–Kier alpha value is -0.560. The first-order chi connectivity index (χ1) is 7.65. The maximum atomic E-state index is 10.7. The van der Waals surface area contributed by atoms with Gasteiger partial charge in [0.1, 0.15) is 0 Å². The zero-order chi connectivity index (χ0) is 12.0. The summed E-state index contributed by atoms with van der Waals surface area (Å²) < 4.78 is 10.4. The molecule has 0 aromatic heterocycles. The minimum atomic E-state index is -0.931. The van der Waals surface area contributed by atoms with Gasteiger partial charge in [-0.2, -0.15) is 0 Å². The fourth-order valence-corrected chi connectivity index (χ4v) is 2.75. The Kier molecular flexibility index (Phi) is 5.83.